The molecule has 0 aromatic carbocycles. The van der Waals surface area contributed by atoms with Crippen molar-refractivity contribution in [1.82, 2.24) is 10.3 Å². The van der Waals surface area contributed by atoms with Gasteiger partial charge in [0.15, 0.2) is 0 Å². The van der Waals surface area contributed by atoms with Gasteiger partial charge in [0.05, 0.1) is 5.69 Å². The van der Waals surface area contributed by atoms with E-state index in [-0.39, 0.29) is 0 Å². The third kappa shape index (κ3) is 3.98. The SMILES string of the molecule is CCNCc1coc(N2CCCC(C(C)(C)C)CC2)n1. The second-order valence-corrected chi connectivity index (χ2v) is 6.88. The summed E-state index contributed by atoms with van der Waals surface area (Å²) in [6, 6.07) is 0.799. The van der Waals surface area contributed by atoms with Crippen LogP contribution < -0.4 is 10.2 Å². The highest BCUT2D eigenvalue weighted by atomic mass is 16.4. The first-order chi connectivity index (χ1) is 9.50. The van der Waals surface area contributed by atoms with E-state index in [0.29, 0.717) is 5.41 Å². The van der Waals surface area contributed by atoms with Crippen LogP contribution in [0.15, 0.2) is 10.7 Å². The lowest BCUT2D eigenvalue weighted by atomic mass is 9.77. The summed E-state index contributed by atoms with van der Waals surface area (Å²) in [5.41, 5.74) is 1.40. The van der Waals surface area contributed by atoms with Gasteiger partial charge < -0.3 is 14.6 Å². The van der Waals surface area contributed by atoms with Gasteiger partial charge in [0, 0.05) is 19.6 Å². The molecule has 4 heteroatoms. The highest BCUT2D eigenvalue weighted by Gasteiger charge is 2.28. The first-order valence-electron chi connectivity index (χ1n) is 7.90. The molecule has 4 nitrogen and oxygen atoms in total. The molecule has 0 saturated carbocycles. The Morgan fingerprint density at radius 2 is 2.15 bits per heavy atom. The minimum atomic E-state index is 0.406. The molecule has 1 atom stereocenters. The third-order valence-electron chi connectivity index (χ3n) is 4.32. The van der Waals surface area contributed by atoms with Gasteiger partial charge in [-0.25, -0.2) is 0 Å². The monoisotopic (exact) mass is 279 g/mol. The number of nitrogens with one attached hydrogen (secondary N) is 1. The molecule has 0 aliphatic carbocycles. The van der Waals surface area contributed by atoms with Crippen LogP contribution in [-0.2, 0) is 6.54 Å². The maximum Gasteiger partial charge on any atom is 0.297 e. The van der Waals surface area contributed by atoms with Crippen molar-refractivity contribution in [1.29, 1.82) is 0 Å². The Morgan fingerprint density at radius 1 is 1.35 bits per heavy atom. The van der Waals surface area contributed by atoms with Gasteiger partial charge in [-0.1, -0.05) is 27.7 Å². The number of anilines is 1. The van der Waals surface area contributed by atoms with Gasteiger partial charge in [-0.3, -0.25) is 0 Å². The van der Waals surface area contributed by atoms with Crippen LogP contribution >= 0.6 is 0 Å². The van der Waals surface area contributed by atoms with Gasteiger partial charge in [-0.15, -0.1) is 0 Å². The molecular weight excluding hydrogens is 250 g/mol. The van der Waals surface area contributed by atoms with Crippen LogP contribution in [-0.4, -0.2) is 24.6 Å². The van der Waals surface area contributed by atoms with E-state index in [0.717, 1.165) is 43.8 Å². The zero-order valence-electron chi connectivity index (χ0n) is 13.4. The zero-order chi connectivity index (χ0) is 14.6. The van der Waals surface area contributed by atoms with Crippen LogP contribution in [0.4, 0.5) is 6.01 Å². The fraction of sp³-hybridized carbons (Fsp3) is 0.812. The normalized spacial score (nSPS) is 21.0. The van der Waals surface area contributed by atoms with Crippen molar-refractivity contribution in [2.45, 2.75) is 53.5 Å². The second kappa shape index (κ2) is 6.61. The minimum absolute atomic E-state index is 0.406. The van der Waals surface area contributed by atoms with Crippen molar-refractivity contribution in [3.8, 4) is 0 Å². The molecule has 2 rings (SSSR count). The number of rotatable bonds is 4. The van der Waals surface area contributed by atoms with Crippen LogP contribution in [0, 0.1) is 11.3 Å². The fourth-order valence-corrected chi connectivity index (χ4v) is 2.93. The van der Waals surface area contributed by atoms with Crippen LogP contribution in [0.5, 0.6) is 0 Å². The van der Waals surface area contributed by atoms with Crippen molar-refractivity contribution in [3.05, 3.63) is 12.0 Å². The Labute approximate surface area is 122 Å². The number of hydrogen-bond acceptors (Lipinski definition) is 4. The largest absolute Gasteiger partial charge is 0.432 e. The predicted octanol–water partition coefficient (Wildman–Crippen LogP) is 3.44. The summed E-state index contributed by atoms with van der Waals surface area (Å²) in [7, 11) is 0. The summed E-state index contributed by atoms with van der Waals surface area (Å²) in [6.45, 7) is 13.0. The average Bonchev–Trinajstić information content (AvgIpc) is 2.70. The van der Waals surface area contributed by atoms with Crippen molar-refractivity contribution >= 4 is 6.01 Å². The molecule has 1 N–H and O–H groups in total. The van der Waals surface area contributed by atoms with Crippen LogP contribution in [0.1, 0.15) is 52.7 Å². The zero-order valence-corrected chi connectivity index (χ0v) is 13.4. The maximum absolute atomic E-state index is 5.65. The summed E-state index contributed by atoms with van der Waals surface area (Å²) >= 11 is 0. The van der Waals surface area contributed by atoms with Crippen LogP contribution in [0.3, 0.4) is 0 Å². The van der Waals surface area contributed by atoms with Crippen molar-refractivity contribution < 1.29 is 4.42 Å². The van der Waals surface area contributed by atoms with Gasteiger partial charge in [0.1, 0.15) is 6.26 Å². The Hall–Kier alpha value is -1.03. The second-order valence-electron chi connectivity index (χ2n) is 6.88. The summed E-state index contributed by atoms with van der Waals surface area (Å²) in [6.07, 6.45) is 5.55. The Kier molecular flexibility index (Phi) is 5.08. The summed E-state index contributed by atoms with van der Waals surface area (Å²) in [5.74, 6) is 0.795. The molecule has 0 bridgehead atoms. The third-order valence-corrected chi connectivity index (χ3v) is 4.32. The first kappa shape index (κ1) is 15.4. The molecule has 20 heavy (non-hydrogen) atoms. The lowest BCUT2D eigenvalue weighted by Gasteiger charge is -2.29. The van der Waals surface area contributed by atoms with Gasteiger partial charge in [0.25, 0.3) is 6.01 Å². The summed E-state index contributed by atoms with van der Waals surface area (Å²) in [4.78, 5) is 6.90. The van der Waals surface area contributed by atoms with Crippen molar-refractivity contribution in [3.63, 3.8) is 0 Å². The molecule has 0 amide bonds. The number of oxazole rings is 1. The average molecular weight is 279 g/mol. The van der Waals surface area contributed by atoms with Gasteiger partial charge in [-0.05, 0) is 37.1 Å². The molecule has 2 heterocycles. The highest BCUT2D eigenvalue weighted by molar-refractivity contribution is 5.27. The van der Waals surface area contributed by atoms with Gasteiger partial charge in [0.2, 0.25) is 0 Å². The molecule has 1 aliphatic rings. The smallest absolute Gasteiger partial charge is 0.297 e. The molecule has 1 aromatic heterocycles. The molecule has 1 unspecified atom stereocenters. The Balaban J connectivity index is 1.94. The van der Waals surface area contributed by atoms with Crippen LogP contribution in [0.2, 0.25) is 0 Å². The van der Waals surface area contributed by atoms with Crippen molar-refractivity contribution in [2.75, 3.05) is 24.5 Å². The first-order valence-corrected chi connectivity index (χ1v) is 7.90. The van der Waals surface area contributed by atoms with E-state index >= 15 is 0 Å². The molecule has 1 aliphatic heterocycles. The van der Waals surface area contributed by atoms with E-state index < -0.39 is 0 Å². The Morgan fingerprint density at radius 3 is 2.85 bits per heavy atom. The molecule has 0 radical (unpaired) electrons. The number of hydrogen-bond donors (Lipinski definition) is 1. The fourth-order valence-electron chi connectivity index (χ4n) is 2.93. The van der Waals surface area contributed by atoms with E-state index in [1.807, 2.05) is 0 Å². The van der Waals surface area contributed by atoms with E-state index in [2.05, 4.69) is 42.9 Å². The van der Waals surface area contributed by atoms with E-state index in [1.54, 1.807) is 6.26 Å². The molecule has 1 fully saturated rings. The number of aromatic nitrogens is 1. The number of nitrogens with zero attached hydrogens (tertiary/aromatic N) is 2. The molecular formula is C16H29N3O. The highest BCUT2D eigenvalue weighted by Crippen LogP contribution is 2.35. The summed E-state index contributed by atoms with van der Waals surface area (Å²) in [5, 5.41) is 3.28. The molecule has 114 valence electrons. The van der Waals surface area contributed by atoms with Gasteiger partial charge >= 0.3 is 0 Å². The molecule has 1 aromatic rings. The Bertz CT molecular complexity index is 408. The molecule has 0 spiro atoms. The topological polar surface area (TPSA) is 41.3 Å². The van der Waals surface area contributed by atoms with E-state index in [1.165, 1.54) is 19.3 Å². The lowest BCUT2D eigenvalue weighted by molar-refractivity contribution is 0.220. The van der Waals surface area contributed by atoms with E-state index in [4.69, 9.17) is 4.42 Å². The standard InChI is InChI=1S/C16H29N3O/c1-5-17-11-14-12-20-15(18-14)19-9-6-7-13(8-10-19)16(2,3)4/h12-13,17H,5-11H2,1-4H3. The predicted molar refractivity (Wildman–Crippen MR) is 82.9 cm³/mol. The van der Waals surface area contributed by atoms with Gasteiger partial charge in [-0.2, -0.15) is 4.98 Å². The maximum atomic E-state index is 5.65. The van der Waals surface area contributed by atoms with Crippen LogP contribution in [0.25, 0.3) is 0 Å². The summed E-state index contributed by atoms with van der Waals surface area (Å²) < 4.78 is 5.65. The quantitative estimate of drug-likeness (QED) is 0.916. The molecule has 1 saturated heterocycles. The lowest BCUT2D eigenvalue weighted by Crippen LogP contribution is -2.26. The minimum Gasteiger partial charge on any atom is -0.432 e. The van der Waals surface area contributed by atoms with E-state index in [9.17, 15) is 0 Å². The van der Waals surface area contributed by atoms with Crippen molar-refractivity contribution in [2.24, 2.45) is 11.3 Å².